The van der Waals surface area contributed by atoms with E-state index in [-0.39, 0.29) is 19.5 Å². The van der Waals surface area contributed by atoms with E-state index < -0.39 is 30.6 Å². The highest BCUT2D eigenvalue weighted by Gasteiger charge is 2.26. The zero-order valence-corrected chi connectivity index (χ0v) is 21.6. The second kappa shape index (κ2) is 15.6. The van der Waals surface area contributed by atoms with Crippen LogP contribution in [-0.4, -0.2) is 96.8 Å². The molecule has 1 aliphatic heterocycles. The number of rotatable bonds is 16. The summed E-state index contributed by atoms with van der Waals surface area (Å²) in [5.41, 5.74) is 2.22. The fourth-order valence-electron chi connectivity index (χ4n) is 4.28. The molecule has 0 bridgehead atoms. The van der Waals surface area contributed by atoms with E-state index in [4.69, 9.17) is 9.72 Å². The number of carboxylic acids is 1. The van der Waals surface area contributed by atoms with Gasteiger partial charge < -0.3 is 30.3 Å². The molecule has 0 radical (unpaired) electrons. The van der Waals surface area contributed by atoms with Crippen molar-refractivity contribution in [2.24, 2.45) is 0 Å². The van der Waals surface area contributed by atoms with Crippen molar-refractivity contribution in [3.05, 3.63) is 23.4 Å². The van der Waals surface area contributed by atoms with Crippen LogP contribution in [0.4, 0.5) is 19.4 Å². The summed E-state index contributed by atoms with van der Waals surface area (Å²) in [6.45, 7) is 6.19. The molecule has 11 heteroatoms. The molecular formula is C25H41F2N5O4. The lowest BCUT2D eigenvalue weighted by Crippen LogP contribution is -2.49. The molecule has 1 aliphatic rings. The van der Waals surface area contributed by atoms with Crippen molar-refractivity contribution >= 4 is 17.8 Å². The van der Waals surface area contributed by atoms with Gasteiger partial charge in [-0.1, -0.05) is 6.07 Å². The van der Waals surface area contributed by atoms with E-state index >= 15 is 0 Å². The average Bonchev–Trinajstić information content (AvgIpc) is 2.87. The molecule has 0 aromatic carbocycles. The quantitative estimate of drug-likeness (QED) is 0.291. The van der Waals surface area contributed by atoms with Gasteiger partial charge in [0.2, 0.25) is 0 Å². The van der Waals surface area contributed by atoms with E-state index in [1.54, 1.807) is 4.90 Å². The predicted molar refractivity (Wildman–Crippen MR) is 135 cm³/mol. The molecule has 2 amide bonds. The summed E-state index contributed by atoms with van der Waals surface area (Å²) in [6, 6.07) is 2.59. The number of nitrogens with one attached hydrogen (secondary N) is 2. The van der Waals surface area contributed by atoms with Crippen molar-refractivity contribution in [2.75, 3.05) is 51.7 Å². The fraction of sp³-hybridized carbons (Fsp3) is 0.720. The van der Waals surface area contributed by atoms with Crippen molar-refractivity contribution < 1.29 is 28.2 Å². The van der Waals surface area contributed by atoms with Crippen LogP contribution in [0.3, 0.4) is 0 Å². The van der Waals surface area contributed by atoms with Crippen LogP contribution in [-0.2, 0) is 22.4 Å². The van der Waals surface area contributed by atoms with Crippen molar-refractivity contribution in [3.63, 3.8) is 0 Å². The van der Waals surface area contributed by atoms with Crippen molar-refractivity contribution in [3.8, 4) is 0 Å². The van der Waals surface area contributed by atoms with E-state index in [0.717, 1.165) is 50.2 Å². The van der Waals surface area contributed by atoms with Gasteiger partial charge in [-0.15, -0.1) is 0 Å². The van der Waals surface area contributed by atoms with Crippen LogP contribution in [0.15, 0.2) is 12.1 Å². The first-order chi connectivity index (χ1) is 17.3. The summed E-state index contributed by atoms with van der Waals surface area (Å²) in [5.74, 6) is -0.202. The van der Waals surface area contributed by atoms with Crippen LogP contribution in [0.25, 0.3) is 0 Å². The third-order valence-electron chi connectivity index (χ3n) is 6.51. The lowest BCUT2D eigenvalue weighted by molar-refractivity contribution is -0.139. The molecule has 36 heavy (non-hydrogen) atoms. The molecule has 9 nitrogen and oxygen atoms in total. The zero-order chi connectivity index (χ0) is 26.5. The molecule has 2 heterocycles. The number of fused-ring (bicyclic) bond motifs is 1. The van der Waals surface area contributed by atoms with Crippen LogP contribution >= 0.6 is 0 Å². The highest BCUT2D eigenvalue weighted by Crippen LogP contribution is 2.20. The number of amides is 2. The second-order valence-electron chi connectivity index (χ2n) is 9.01. The smallest absolute Gasteiger partial charge is 0.326 e. The largest absolute Gasteiger partial charge is 0.480 e. The van der Waals surface area contributed by atoms with Gasteiger partial charge in [0.25, 0.3) is 6.43 Å². The normalized spacial score (nSPS) is 14.8. The number of hydrogen-bond donors (Lipinski definition) is 3. The first-order valence-electron chi connectivity index (χ1n) is 12.8. The van der Waals surface area contributed by atoms with Gasteiger partial charge >= 0.3 is 12.0 Å². The van der Waals surface area contributed by atoms with E-state index in [1.807, 2.05) is 19.9 Å². The van der Waals surface area contributed by atoms with Gasteiger partial charge in [0.1, 0.15) is 18.0 Å². The van der Waals surface area contributed by atoms with Crippen LogP contribution < -0.4 is 10.6 Å². The number of methoxy groups -OCH3 is 1. The van der Waals surface area contributed by atoms with Crippen LogP contribution in [0.5, 0.6) is 0 Å². The number of aryl methyl sites for hydroxylation is 2. The number of urea groups is 1. The van der Waals surface area contributed by atoms with E-state index in [2.05, 4.69) is 16.7 Å². The van der Waals surface area contributed by atoms with Crippen LogP contribution in [0, 0.1) is 0 Å². The topological polar surface area (TPSA) is 107 Å². The Labute approximate surface area is 212 Å². The number of carbonyl (C=O) groups is 2. The molecule has 0 saturated heterocycles. The molecule has 1 unspecified atom stereocenters. The van der Waals surface area contributed by atoms with Gasteiger partial charge in [-0.25, -0.2) is 23.4 Å². The Kier molecular flexibility index (Phi) is 12.8. The Morgan fingerprint density at radius 1 is 1.22 bits per heavy atom. The van der Waals surface area contributed by atoms with Gasteiger partial charge in [0, 0.05) is 45.5 Å². The van der Waals surface area contributed by atoms with Gasteiger partial charge in [-0.3, -0.25) is 0 Å². The lowest BCUT2D eigenvalue weighted by Gasteiger charge is -2.28. The highest BCUT2D eigenvalue weighted by molar-refractivity contribution is 5.82. The van der Waals surface area contributed by atoms with Crippen molar-refractivity contribution in [1.82, 2.24) is 20.1 Å². The van der Waals surface area contributed by atoms with E-state index in [0.29, 0.717) is 19.6 Å². The molecule has 0 aliphatic carbocycles. The Morgan fingerprint density at radius 2 is 1.97 bits per heavy atom. The number of aromatic nitrogens is 1. The highest BCUT2D eigenvalue weighted by atomic mass is 19.3. The molecule has 204 valence electrons. The maximum absolute atomic E-state index is 13.4. The third kappa shape index (κ3) is 9.50. The minimum Gasteiger partial charge on any atom is -0.480 e. The maximum Gasteiger partial charge on any atom is 0.326 e. The van der Waals surface area contributed by atoms with Gasteiger partial charge in [-0.2, -0.15) is 0 Å². The Balaban J connectivity index is 1.93. The lowest BCUT2D eigenvalue weighted by atomic mass is 10.1. The number of alkyl halides is 2. The number of carboxylic acid groups (broad SMARTS) is 1. The zero-order valence-electron chi connectivity index (χ0n) is 21.6. The molecule has 0 fully saturated rings. The predicted octanol–water partition coefficient (Wildman–Crippen LogP) is 3.24. The van der Waals surface area contributed by atoms with Gasteiger partial charge in [0.15, 0.2) is 0 Å². The third-order valence-corrected chi connectivity index (χ3v) is 6.51. The summed E-state index contributed by atoms with van der Waals surface area (Å²) in [4.78, 5) is 32.1. The van der Waals surface area contributed by atoms with Crippen molar-refractivity contribution in [1.29, 1.82) is 0 Å². The molecule has 3 N–H and O–H groups in total. The number of anilines is 1. The number of hydrogen-bond acceptors (Lipinski definition) is 6. The van der Waals surface area contributed by atoms with Gasteiger partial charge in [0.05, 0.1) is 0 Å². The second-order valence-corrected chi connectivity index (χ2v) is 9.01. The summed E-state index contributed by atoms with van der Waals surface area (Å²) < 4.78 is 31.7. The van der Waals surface area contributed by atoms with E-state index in [1.165, 1.54) is 17.6 Å². The number of carbonyl (C=O) groups excluding carboxylic acids is 1. The average molecular weight is 514 g/mol. The molecule has 0 spiro atoms. The summed E-state index contributed by atoms with van der Waals surface area (Å²) in [7, 11) is 1.25. The summed E-state index contributed by atoms with van der Waals surface area (Å²) in [6.07, 6.45) is 0.623. The number of ether oxygens (including phenoxy) is 1. The molecular weight excluding hydrogens is 472 g/mol. The fourth-order valence-corrected chi connectivity index (χ4v) is 4.28. The molecule has 2 atom stereocenters. The molecule has 0 saturated carbocycles. The molecule has 1 aromatic heterocycles. The standard InChI is InChI=1S/C25H41F2N5O4/c1-4-32(5-2)25(35)30-20(24(33)34)13-16-31(17-21(36-3)22(26)27)15-7-6-10-19-12-11-18-9-8-14-28-23(18)29-19/h11-12,20-22H,4-10,13-17H2,1-3H3,(H,28,29)(H,30,35)(H,33,34)/t20-,21?/m0/s1. The van der Waals surface area contributed by atoms with E-state index in [9.17, 15) is 23.5 Å². The minimum absolute atomic E-state index is 0.0223. The van der Waals surface area contributed by atoms with Crippen LogP contribution in [0.2, 0.25) is 0 Å². The van der Waals surface area contributed by atoms with Crippen LogP contribution in [0.1, 0.15) is 50.8 Å². The minimum atomic E-state index is -2.65. The molecule has 1 aromatic rings. The Bertz CT molecular complexity index is 826. The van der Waals surface area contributed by atoms with Gasteiger partial charge in [-0.05, 0) is 70.5 Å². The first kappa shape index (κ1) is 29.7. The monoisotopic (exact) mass is 513 g/mol. The number of halogens is 2. The summed E-state index contributed by atoms with van der Waals surface area (Å²) >= 11 is 0. The Hall–Kier alpha value is -2.53. The number of pyridine rings is 1. The maximum atomic E-state index is 13.4. The van der Waals surface area contributed by atoms with Crippen molar-refractivity contribution in [2.45, 2.75) is 70.9 Å². The molecule has 2 rings (SSSR count). The number of nitrogens with zero attached hydrogens (tertiary/aromatic N) is 3. The SMILES string of the molecule is CCN(CC)C(=O)N[C@@H](CCN(CCCCc1ccc2c(n1)NCCC2)CC(OC)C(F)F)C(=O)O. The summed E-state index contributed by atoms with van der Waals surface area (Å²) in [5, 5.41) is 15.5. The number of unbranched alkanes of at least 4 members (excludes halogenated alkanes) is 1. The number of aliphatic carboxylic acids is 1. The Morgan fingerprint density at radius 3 is 2.61 bits per heavy atom. The first-order valence-corrected chi connectivity index (χ1v) is 12.8.